The van der Waals surface area contributed by atoms with Gasteiger partial charge in [-0.3, -0.25) is 0 Å². The second kappa shape index (κ2) is 6.08. The van der Waals surface area contributed by atoms with Crippen LogP contribution in [0.4, 0.5) is 0 Å². The summed E-state index contributed by atoms with van der Waals surface area (Å²) in [6.07, 6.45) is 0.992. The molecule has 0 unspecified atom stereocenters. The summed E-state index contributed by atoms with van der Waals surface area (Å²) in [4.78, 5) is 7.72. The number of fused-ring (bicyclic) bond motifs is 12. The van der Waals surface area contributed by atoms with Gasteiger partial charge in [0.05, 0.1) is 11.0 Å². The molecule has 7 rings (SSSR count). The molecule has 0 bridgehead atoms. The molecule has 0 saturated carbocycles. The number of aromatic amines is 2. The molecule has 2 nitrogen and oxygen atoms in total. The lowest BCUT2D eigenvalue weighted by molar-refractivity contribution is 1.24. The zero-order valence-corrected chi connectivity index (χ0v) is 20.2. The molecule has 0 amide bonds. The molecular formula is C31H28N2. The van der Waals surface area contributed by atoms with Crippen LogP contribution in [0.5, 0.6) is 0 Å². The number of rotatable bonds is 0. The molecule has 0 radical (unpaired) electrons. The fourth-order valence-corrected chi connectivity index (χ4v) is 6.06. The molecule has 2 heterocycles. The van der Waals surface area contributed by atoms with Crippen molar-refractivity contribution in [3.8, 4) is 11.1 Å². The van der Waals surface area contributed by atoms with Crippen molar-refractivity contribution in [2.24, 2.45) is 0 Å². The third-order valence-corrected chi connectivity index (χ3v) is 8.29. The van der Waals surface area contributed by atoms with E-state index in [-0.39, 0.29) is 0 Å². The van der Waals surface area contributed by atoms with Crippen LogP contribution in [0.3, 0.4) is 0 Å². The molecule has 0 atom stereocenters. The largest absolute Gasteiger partial charge is 0.354 e. The lowest BCUT2D eigenvalue weighted by atomic mass is 9.94. The molecule has 2 aromatic heterocycles. The van der Waals surface area contributed by atoms with Gasteiger partial charge in [0.15, 0.2) is 0 Å². The Morgan fingerprint density at radius 1 is 0.545 bits per heavy atom. The predicted molar refractivity (Wildman–Crippen MR) is 142 cm³/mol. The first-order valence-electron chi connectivity index (χ1n) is 11.9. The first-order valence-corrected chi connectivity index (χ1v) is 11.9. The lowest BCUT2D eigenvalue weighted by Crippen LogP contribution is -1.86. The molecule has 0 saturated heterocycles. The Bertz CT molecular complexity index is 1840. The van der Waals surface area contributed by atoms with Gasteiger partial charge in [0, 0.05) is 38.1 Å². The first kappa shape index (κ1) is 19.0. The van der Waals surface area contributed by atoms with E-state index >= 15 is 0 Å². The molecule has 0 aliphatic heterocycles. The molecule has 6 aromatic rings. The van der Waals surface area contributed by atoms with Gasteiger partial charge in [0.2, 0.25) is 0 Å². The summed E-state index contributed by atoms with van der Waals surface area (Å²) in [6.45, 7) is 13.3. The minimum absolute atomic E-state index is 0.992. The minimum atomic E-state index is 0.992. The normalized spacial score (nSPS) is 13.0. The maximum absolute atomic E-state index is 3.86. The standard InChI is InChI=1S/C31H28N2/c1-14-7-20-13-24-27(21(20)8-15(14)2)30-29(23-10-17(4)19(6)12-26(23)33-30)31-28(24)22-9-16(3)18(5)11-25(22)32-31/h7-12,32-33H,13H2,1-6H3. The topological polar surface area (TPSA) is 31.6 Å². The summed E-state index contributed by atoms with van der Waals surface area (Å²) in [5.74, 6) is 0. The second-order valence-corrected chi connectivity index (χ2v) is 10.3. The van der Waals surface area contributed by atoms with Gasteiger partial charge in [0.1, 0.15) is 0 Å². The SMILES string of the molecule is Cc1cc2c(cc1C)-c1c(c3c4cc(C)c(C)cc4[nH]c3c3c1[nH]c1cc(C)c(C)cc13)C2. The van der Waals surface area contributed by atoms with Crippen LogP contribution in [0.2, 0.25) is 0 Å². The zero-order valence-electron chi connectivity index (χ0n) is 20.2. The summed E-state index contributed by atoms with van der Waals surface area (Å²) < 4.78 is 0. The fraction of sp³-hybridized carbons (Fsp3) is 0.226. The molecule has 1 aliphatic carbocycles. The summed E-state index contributed by atoms with van der Waals surface area (Å²) in [5, 5.41) is 5.41. The summed E-state index contributed by atoms with van der Waals surface area (Å²) >= 11 is 0. The van der Waals surface area contributed by atoms with Crippen molar-refractivity contribution in [3.05, 3.63) is 80.9 Å². The van der Waals surface area contributed by atoms with Gasteiger partial charge in [-0.15, -0.1) is 0 Å². The van der Waals surface area contributed by atoms with Gasteiger partial charge in [0.25, 0.3) is 0 Å². The van der Waals surface area contributed by atoms with E-state index in [4.69, 9.17) is 0 Å². The van der Waals surface area contributed by atoms with Gasteiger partial charge >= 0.3 is 0 Å². The van der Waals surface area contributed by atoms with Crippen LogP contribution in [0.1, 0.15) is 44.5 Å². The van der Waals surface area contributed by atoms with Crippen LogP contribution >= 0.6 is 0 Å². The Labute approximate surface area is 193 Å². The number of hydrogen-bond donors (Lipinski definition) is 2. The van der Waals surface area contributed by atoms with Crippen LogP contribution in [0.25, 0.3) is 54.7 Å². The molecule has 162 valence electrons. The molecule has 4 aromatic carbocycles. The monoisotopic (exact) mass is 428 g/mol. The van der Waals surface area contributed by atoms with Crippen molar-refractivity contribution in [3.63, 3.8) is 0 Å². The number of aryl methyl sites for hydroxylation is 6. The van der Waals surface area contributed by atoms with Crippen molar-refractivity contribution < 1.29 is 0 Å². The van der Waals surface area contributed by atoms with Gasteiger partial charge in [-0.1, -0.05) is 12.1 Å². The Hall–Kier alpha value is -3.52. The smallest absolute Gasteiger partial charge is 0.0569 e. The van der Waals surface area contributed by atoms with Crippen LogP contribution in [-0.4, -0.2) is 9.97 Å². The van der Waals surface area contributed by atoms with Crippen molar-refractivity contribution in [2.45, 2.75) is 48.0 Å². The highest BCUT2D eigenvalue weighted by molar-refractivity contribution is 6.29. The van der Waals surface area contributed by atoms with Crippen LogP contribution in [-0.2, 0) is 6.42 Å². The molecular weight excluding hydrogens is 400 g/mol. The van der Waals surface area contributed by atoms with Crippen LogP contribution < -0.4 is 0 Å². The van der Waals surface area contributed by atoms with E-state index in [1.165, 1.54) is 99.2 Å². The number of H-pyrrole nitrogens is 2. The van der Waals surface area contributed by atoms with Gasteiger partial charge in [-0.2, -0.15) is 0 Å². The van der Waals surface area contributed by atoms with E-state index < -0.39 is 0 Å². The summed E-state index contributed by atoms with van der Waals surface area (Å²) in [7, 11) is 0. The average Bonchev–Trinajstić information content (AvgIpc) is 3.41. The fourth-order valence-electron chi connectivity index (χ4n) is 6.06. The van der Waals surface area contributed by atoms with Gasteiger partial charge in [-0.25, -0.2) is 0 Å². The maximum atomic E-state index is 3.86. The molecule has 2 heteroatoms. The van der Waals surface area contributed by atoms with Crippen LogP contribution in [0.15, 0.2) is 36.4 Å². The van der Waals surface area contributed by atoms with Crippen molar-refractivity contribution in [1.29, 1.82) is 0 Å². The second-order valence-electron chi connectivity index (χ2n) is 10.3. The van der Waals surface area contributed by atoms with Crippen molar-refractivity contribution in [2.75, 3.05) is 0 Å². The molecule has 0 spiro atoms. The van der Waals surface area contributed by atoms with E-state index in [9.17, 15) is 0 Å². The number of hydrogen-bond acceptors (Lipinski definition) is 0. The van der Waals surface area contributed by atoms with E-state index in [1.807, 2.05) is 0 Å². The minimum Gasteiger partial charge on any atom is -0.354 e. The number of nitrogens with one attached hydrogen (secondary N) is 2. The highest BCUT2D eigenvalue weighted by Crippen LogP contribution is 2.50. The highest BCUT2D eigenvalue weighted by Gasteiger charge is 2.28. The maximum Gasteiger partial charge on any atom is 0.0569 e. The Morgan fingerprint density at radius 2 is 1.06 bits per heavy atom. The molecule has 1 aliphatic rings. The molecule has 2 N–H and O–H groups in total. The predicted octanol–water partition coefficient (Wildman–Crippen LogP) is 8.38. The first-order chi connectivity index (χ1) is 15.8. The van der Waals surface area contributed by atoms with E-state index in [2.05, 4.69) is 87.9 Å². The zero-order chi connectivity index (χ0) is 22.8. The van der Waals surface area contributed by atoms with Crippen molar-refractivity contribution in [1.82, 2.24) is 9.97 Å². The van der Waals surface area contributed by atoms with E-state index in [0.717, 1.165) is 6.42 Å². The van der Waals surface area contributed by atoms with E-state index in [0.29, 0.717) is 0 Å². The molecule has 0 fully saturated rings. The average molecular weight is 429 g/mol. The highest BCUT2D eigenvalue weighted by atomic mass is 14.8. The lowest BCUT2D eigenvalue weighted by Gasteiger charge is -2.09. The Balaban J connectivity index is 1.78. The van der Waals surface area contributed by atoms with Gasteiger partial charge in [-0.05, 0) is 122 Å². The third-order valence-electron chi connectivity index (χ3n) is 8.29. The van der Waals surface area contributed by atoms with Crippen LogP contribution in [0, 0.1) is 41.5 Å². The number of aromatic nitrogens is 2. The van der Waals surface area contributed by atoms with Gasteiger partial charge < -0.3 is 9.97 Å². The molecule has 33 heavy (non-hydrogen) atoms. The van der Waals surface area contributed by atoms with Crippen molar-refractivity contribution >= 4 is 43.6 Å². The third kappa shape index (κ3) is 2.33. The Morgan fingerprint density at radius 3 is 1.73 bits per heavy atom. The number of benzene rings is 4. The van der Waals surface area contributed by atoms with E-state index in [1.54, 1.807) is 0 Å². The summed E-state index contributed by atoms with van der Waals surface area (Å²) in [6, 6.07) is 14.2. The summed E-state index contributed by atoms with van der Waals surface area (Å²) in [5.41, 5.74) is 18.8. The quantitative estimate of drug-likeness (QED) is 0.243. The Kier molecular flexibility index (Phi) is 3.50.